The van der Waals surface area contributed by atoms with Crippen molar-refractivity contribution in [1.82, 2.24) is 14.5 Å². The minimum atomic E-state index is 0.0662. The van der Waals surface area contributed by atoms with Gasteiger partial charge in [-0.3, -0.25) is 4.79 Å². The van der Waals surface area contributed by atoms with Crippen LogP contribution in [-0.4, -0.2) is 20.4 Å². The number of nitrogens with one attached hydrogen (secondary N) is 1. The Morgan fingerprint density at radius 1 is 1.00 bits per heavy atom. The molecule has 2 aromatic heterocycles. The van der Waals surface area contributed by atoms with Crippen molar-refractivity contribution in [3.05, 3.63) is 59.9 Å². The molecule has 166 valence electrons. The van der Waals surface area contributed by atoms with Gasteiger partial charge in [0.25, 0.3) is 0 Å². The first-order valence-corrected chi connectivity index (χ1v) is 11.5. The van der Waals surface area contributed by atoms with Gasteiger partial charge in [-0.15, -0.1) is 0 Å². The molecule has 0 aliphatic carbocycles. The van der Waals surface area contributed by atoms with Crippen LogP contribution >= 0.6 is 0 Å². The van der Waals surface area contributed by atoms with E-state index in [0.717, 1.165) is 71.1 Å². The predicted molar refractivity (Wildman–Crippen MR) is 132 cm³/mol. The van der Waals surface area contributed by atoms with E-state index in [1.807, 2.05) is 30.3 Å². The second-order valence-electron chi connectivity index (χ2n) is 8.28. The monoisotopic (exact) mass is 429 g/mol. The van der Waals surface area contributed by atoms with E-state index in [0.29, 0.717) is 18.8 Å². The van der Waals surface area contributed by atoms with Crippen LogP contribution in [0.5, 0.6) is 0 Å². The van der Waals surface area contributed by atoms with E-state index in [4.69, 9.17) is 10.7 Å². The highest BCUT2D eigenvalue weighted by molar-refractivity contribution is 6.06. The van der Waals surface area contributed by atoms with Crippen molar-refractivity contribution in [3.8, 4) is 0 Å². The number of fused-ring (bicyclic) bond motifs is 3. The molecule has 2 heterocycles. The van der Waals surface area contributed by atoms with E-state index in [-0.39, 0.29) is 5.91 Å². The van der Waals surface area contributed by atoms with E-state index >= 15 is 0 Å². The molecule has 0 radical (unpaired) electrons. The summed E-state index contributed by atoms with van der Waals surface area (Å²) in [6.45, 7) is 4.96. The minimum Gasteiger partial charge on any atom is -0.382 e. The third kappa shape index (κ3) is 4.59. The number of hydrogen-bond donors (Lipinski definition) is 2. The van der Waals surface area contributed by atoms with Gasteiger partial charge in [0.1, 0.15) is 11.3 Å². The number of amides is 1. The molecule has 1 amide bonds. The van der Waals surface area contributed by atoms with Crippen molar-refractivity contribution >= 4 is 39.3 Å². The van der Waals surface area contributed by atoms with E-state index in [1.165, 1.54) is 0 Å². The van der Waals surface area contributed by atoms with Crippen LogP contribution in [0, 0.1) is 0 Å². The van der Waals surface area contributed by atoms with Gasteiger partial charge in [0.05, 0.1) is 11.0 Å². The number of nitrogen functional groups attached to an aromatic ring is 1. The molecule has 2 aromatic carbocycles. The van der Waals surface area contributed by atoms with Crippen molar-refractivity contribution < 1.29 is 4.79 Å². The molecule has 4 aromatic rings. The quantitative estimate of drug-likeness (QED) is 0.358. The molecule has 6 nitrogen and oxygen atoms in total. The van der Waals surface area contributed by atoms with Gasteiger partial charge in [-0.25, -0.2) is 9.97 Å². The molecule has 0 aliphatic heterocycles. The second-order valence-corrected chi connectivity index (χ2v) is 8.28. The number of benzene rings is 2. The number of aryl methyl sites for hydroxylation is 1. The molecule has 32 heavy (non-hydrogen) atoms. The van der Waals surface area contributed by atoms with Crippen molar-refractivity contribution in [3.63, 3.8) is 0 Å². The number of pyridine rings is 1. The average molecular weight is 430 g/mol. The fourth-order valence-corrected chi connectivity index (χ4v) is 4.04. The van der Waals surface area contributed by atoms with Crippen LogP contribution in [0.2, 0.25) is 0 Å². The van der Waals surface area contributed by atoms with Crippen LogP contribution in [0.4, 0.5) is 11.5 Å². The summed E-state index contributed by atoms with van der Waals surface area (Å²) in [6, 6.07) is 16.2. The molecule has 0 unspecified atom stereocenters. The Labute approximate surface area is 188 Å². The lowest BCUT2D eigenvalue weighted by molar-refractivity contribution is -0.116. The molecule has 0 bridgehead atoms. The van der Waals surface area contributed by atoms with Gasteiger partial charge >= 0.3 is 0 Å². The van der Waals surface area contributed by atoms with Crippen LogP contribution in [0.3, 0.4) is 0 Å². The number of hydrogen-bond acceptors (Lipinski definition) is 4. The fraction of sp³-hybridized carbons (Fsp3) is 0.346. The molecular weight excluding hydrogens is 398 g/mol. The van der Waals surface area contributed by atoms with Crippen LogP contribution in [-0.2, 0) is 17.8 Å². The zero-order chi connectivity index (χ0) is 22.5. The minimum absolute atomic E-state index is 0.0662. The van der Waals surface area contributed by atoms with Crippen LogP contribution in [0.1, 0.15) is 57.3 Å². The molecule has 0 spiro atoms. The van der Waals surface area contributed by atoms with Crippen LogP contribution in [0.25, 0.3) is 21.9 Å². The van der Waals surface area contributed by atoms with Gasteiger partial charge in [0, 0.05) is 30.5 Å². The summed E-state index contributed by atoms with van der Waals surface area (Å²) in [4.78, 5) is 21.5. The number of carbonyl (C=O) groups is 1. The van der Waals surface area contributed by atoms with E-state index in [9.17, 15) is 4.79 Å². The van der Waals surface area contributed by atoms with Crippen molar-refractivity contribution in [2.45, 2.75) is 58.9 Å². The topological polar surface area (TPSA) is 85.8 Å². The lowest BCUT2D eigenvalue weighted by Gasteiger charge is -2.12. The first-order chi connectivity index (χ1) is 15.6. The number of para-hydroxylation sites is 1. The molecule has 0 atom stereocenters. The molecule has 0 saturated carbocycles. The maximum atomic E-state index is 12.0. The highest BCUT2D eigenvalue weighted by Gasteiger charge is 2.17. The molecule has 3 N–H and O–H groups in total. The van der Waals surface area contributed by atoms with Crippen molar-refractivity contribution in [1.29, 1.82) is 0 Å². The molecular formula is C26H31N5O. The predicted octanol–water partition coefficient (Wildman–Crippen LogP) is 5.69. The van der Waals surface area contributed by atoms with Gasteiger partial charge in [0.2, 0.25) is 5.91 Å². The fourth-order valence-electron chi connectivity index (χ4n) is 4.04. The van der Waals surface area contributed by atoms with E-state index in [2.05, 4.69) is 46.9 Å². The molecule has 0 fully saturated rings. The van der Waals surface area contributed by atoms with Gasteiger partial charge in [0.15, 0.2) is 5.82 Å². The van der Waals surface area contributed by atoms with Gasteiger partial charge < -0.3 is 15.6 Å². The number of carbonyl (C=O) groups excluding carboxylic acids is 1. The molecule has 0 aliphatic rings. The van der Waals surface area contributed by atoms with Crippen LogP contribution in [0.15, 0.2) is 48.5 Å². The van der Waals surface area contributed by atoms with Gasteiger partial charge in [-0.05, 0) is 36.6 Å². The van der Waals surface area contributed by atoms with Crippen LogP contribution < -0.4 is 11.1 Å². The lowest BCUT2D eigenvalue weighted by atomic mass is 10.1. The number of nitrogens with two attached hydrogens (primary N) is 1. The number of nitrogens with zero attached hydrogens (tertiary/aromatic N) is 3. The summed E-state index contributed by atoms with van der Waals surface area (Å²) >= 11 is 0. The zero-order valence-corrected chi connectivity index (χ0v) is 18.9. The lowest BCUT2D eigenvalue weighted by Crippen LogP contribution is -2.11. The Morgan fingerprint density at radius 2 is 1.75 bits per heavy atom. The SMILES string of the molecule is CCCCC(=O)Nc1ccc(Cn2c(CCCC)nc3c(N)nc4ccccc4c32)cc1. The number of rotatable bonds is 9. The third-order valence-corrected chi connectivity index (χ3v) is 5.78. The highest BCUT2D eigenvalue weighted by Crippen LogP contribution is 2.30. The number of imidazole rings is 1. The summed E-state index contributed by atoms with van der Waals surface area (Å²) in [5.41, 5.74) is 11.0. The highest BCUT2D eigenvalue weighted by atomic mass is 16.1. The maximum absolute atomic E-state index is 12.0. The Hall–Kier alpha value is -3.41. The zero-order valence-electron chi connectivity index (χ0n) is 18.9. The van der Waals surface area contributed by atoms with Gasteiger partial charge in [-0.2, -0.15) is 0 Å². The normalized spacial score (nSPS) is 11.3. The largest absolute Gasteiger partial charge is 0.382 e. The smallest absolute Gasteiger partial charge is 0.224 e. The molecule has 6 heteroatoms. The molecule has 0 saturated heterocycles. The molecule has 4 rings (SSSR count). The first kappa shape index (κ1) is 21.8. The summed E-state index contributed by atoms with van der Waals surface area (Å²) in [7, 11) is 0. The Kier molecular flexibility index (Phi) is 6.69. The maximum Gasteiger partial charge on any atom is 0.224 e. The summed E-state index contributed by atoms with van der Waals surface area (Å²) < 4.78 is 2.28. The average Bonchev–Trinajstić information content (AvgIpc) is 3.16. The number of unbranched alkanes of at least 4 members (excludes halogenated alkanes) is 2. The van der Waals surface area contributed by atoms with Crippen molar-refractivity contribution in [2.24, 2.45) is 0 Å². The summed E-state index contributed by atoms with van der Waals surface area (Å²) in [5, 5.41) is 4.04. The van der Waals surface area contributed by atoms with E-state index < -0.39 is 0 Å². The first-order valence-electron chi connectivity index (χ1n) is 11.5. The van der Waals surface area contributed by atoms with Gasteiger partial charge in [-0.1, -0.05) is 57.0 Å². The Balaban J connectivity index is 1.69. The Morgan fingerprint density at radius 3 is 2.50 bits per heavy atom. The second kappa shape index (κ2) is 9.81. The van der Waals surface area contributed by atoms with E-state index in [1.54, 1.807) is 0 Å². The summed E-state index contributed by atoms with van der Waals surface area (Å²) in [5.74, 6) is 1.57. The summed E-state index contributed by atoms with van der Waals surface area (Å²) in [6.07, 6.45) is 5.54. The Bertz CT molecular complexity index is 1230. The van der Waals surface area contributed by atoms with Crippen molar-refractivity contribution in [2.75, 3.05) is 11.1 Å². The standard InChI is InChI=1S/C26H31N5O/c1-3-5-11-22-30-24-25(20-9-7-8-10-21(20)29-26(24)27)31(22)17-18-13-15-19(16-14-18)28-23(32)12-6-4-2/h7-10,13-16H,3-6,11-12,17H2,1-2H3,(H2,27,29)(H,28,32). The number of anilines is 2. The number of aromatic nitrogens is 3. The third-order valence-electron chi connectivity index (χ3n) is 5.78.